The van der Waals surface area contributed by atoms with Crippen LogP contribution in [-0.4, -0.2) is 72.3 Å². The number of alkyl carbamates (subject to hydrolysis) is 1. The number of ether oxygens (including phenoxy) is 2. The molecule has 0 heterocycles. The Morgan fingerprint density at radius 2 is 1.69 bits per heavy atom. The fourth-order valence-electron chi connectivity index (χ4n) is 3.37. The first kappa shape index (κ1) is 29.9. The van der Waals surface area contributed by atoms with Crippen LogP contribution in [0.15, 0.2) is 24.3 Å². The number of hydrogen-bond acceptors (Lipinski definition) is 7. The minimum atomic E-state index is -1.16. The fraction of sp³-hybridized carbons (Fsp3) is 0.600. The summed E-state index contributed by atoms with van der Waals surface area (Å²) < 4.78 is 9.91. The maximum absolute atomic E-state index is 13.7. The molecule has 0 saturated carbocycles. The Morgan fingerprint density at radius 3 is 2.17 bits per heavy atom. The number of aliphatic hydroxyl groups is 1. The van der Waals surface area contributed by atoms with Gasteiger partial charge >= 0.3 is 12.1 Å². The van der Waals surface area contributed by atoms with Gasteiger partial charge in [-0.05, 0) is 45.6 Å². The maximum atomic E-state index is 13.7. The molecule has 35 heavy (non-hydrogen) atoms. The van der Waals surface area contributed by atoms with Crippen LogP contribution in [0.1, 0.15) is 58.2 Å². The number of carbonyl (C=O) groups excluding carboxylic acids is 4. The van der Waals surface area contributed by atoms with Gasteiger partial charge in [-0.25, -0.2) is 4.79 Å². The van der Waals surface area contributed by atoms with Crippen molar-refractivity contribution in [2.75, 3.05) is 26.8 Å². The summed E-state index contributed by atoms with van der Waals surface area (Å²) in [6, 6.07) is 4.83. The van der Waals surface area contributed by atoms with E-state index in [0.717, 1.165) is 5.56 Å². The molecule has 10 heteroatoms. The maximum Gasteiger partial charge on any atom is 0.408 e. The summed E-state index contributed by atoms with van der Waals surface area (Å²) in [4.78, 5) is 52.2. The van der Waals surface area contributed by atoms with Gasteiger partial charge in [-0.2, -0.15) is 0 Å². The van der Waals surface area contributed by atoms with Gasteiger partial charge in [-0.15, -0.1) is 0 Å². The summed E-state index contributed by atoms with van der Waals surface area (Å²) >= 11 is 0. The normalized spacial score (nSPS) is 12.9. The number of aryl methyl sites for hydroxylation is 1. The van der Waals surface area contributed by atoms with Crippen LogP contribution >= 0.6 is 0 Å². The lowest BCUT2D eigenvalue weighted by atomic mass is 9.98. The monoisotopic (exact) mass is 493 g/mol. The van der Waals surface area contributed by atoms with Crippen molar-refractivity contribution in [1.82, 2.24) is 15.5 Å². The van der Waals surface area contributed by atoms with E-state index in [0.29, 0.717) is 5.56 Å². The van der Waals surface area contributed by atoms with Crippen molar-refractivity contribution in [1.29, 1.82) is 0 Å². The number of nitrogens with zero attached hydrogens (tertiary/aromatic N) is 1. The minimum absolute atomic E-state index is 0.0286. The van der Waals surface area contributed by atoms with E-state index in [4.69, 9.17) is 4.74 Å². The van der Waals surface area contributed by atoms with E-state index in [1.807, 2.05) is 20.8 Å². The standard InChI is InChI=1S/C25H39N3O7/c1-16(2)14-19(27-24(33)35-25(4,5)6)23(32)28(12-13-29)21(18-10-8-17(3)9-11-18)22(31)26-15-20(30)34-7/h8-11,16,19,21,29H,12-15H2,1-7H3,(H,26,31)(H,27,33). The van der Waals surface area contributed by atoms with Crippen molar-refractivity contribution in [3.05, 3.63) is 35.4 Å². The van der Waals surface area contributed by atoms with Gasteiger partial charge in [-0.1, -0.05) is 43.7 Å². The van der Waals surface area contributed by atoms with Crippen LogP contribution in [0.4, 0.5) is 4.79 Å². The molecule has 0 radical (unpaired) electrons. The molecule has 1 aromatic rings. The highest BCUT2D eigenvalue weighted by Gasteiger charge is 2.36. The number of esters is 1. The number of amides is 3. The summed E-state index contributed by atoms with van der Waals surface area (Å²) in [7, 11) is 1.20. The number of benzene rings is 1. The first-order valence-corrected chi connectivity index (χ1v) is 11.6. The topological polar surface area (TPSA) is 134 Å². The molecule has 0 fully saturated rings. The summed E-state index contributed by atoms with van der Waals surface area (Å²) in [6.45, 7) is 9.84. The Hall–Kier alpha value is -3.14. The fourth-order valence-corrected chi connectivity index (χ4v) is 3.37. The Kier molecular flexibility index (Phi) is 11.7. The van der Waals surface area contributed by atoms with Gasteiger partial charge < -0.3 is 30.1 Å². The number of aliphatic hydroxyl groups excluding tert-OH is 1. The van der Waals surface area contributed by atoms with Gasteiger partial charge in [0.15, 0.2) is 0 Å². The zero-order chi connectivity index (χ0) is 26.8. The Balaban J connectivity index is 3.38. The van der Waals surface area contributed by atoms with Crippen LogP contribution in [0.5, 0.6) is 0 Å². The average Bonchev–Trinajstić information content (AvgIpc) is 2.75. The van der Waals surface area contributed by atoms with Gasteiger partial charge in [-0.3, -0.25) is 14.4 Å². The molecule has 0 aromatic heterocycles. The van der Waals surface area contributed by atoms with Gasteiger partial charge in [0.2, 0.25) is 11.8 Å². The lowest BCUT2D eigenvalue weighted by molar-refractivity contribution is -0.145. The second-order valence-electron chi connectivity index (χ2n) is 9.69. The van der Waals surface area contributed by atoms with Crippen molar-refractivity contribution in [2.24, 2.45) is 5.92 Å². The lowest BCUT2D eigenvalue weighted by Gasteiger charge is -2.34. The van der Waals surface area contributed by atoms with Crippen molar-refractivity contribution in [3.8, 4) is 0 Å². The van der Waals surface area contributed by atoms with E-state index in [1.54, 1.807) is 45.0 Å². The predicted octanol–water partition coefficient (Wildman–Crippen LogP) is 2.09. The molecule has 0 bridgehead atoms. The summed E-state index contributed by atoms with van der Waals surface area (Å²) in [5, 5.41) is 14.9. The summed E-state index contributed by atoms with van der Waals surface area (Å²) in [5.41, 5.74) is 0.672. The van der Waals surface area contributed by atoms with Crippen LogP contribution in [0.2, 0.25) is 0 Å². The van der Waals surface area contributed by atoms with E-state index in [2.05, 4.69) is 15.4 Å². The zero-order valence-electron chi connectivity index (χ0n) is 21.7. The smallest absolute Gasteiger partial charge is 0.408 e. The van der Waals surface area contributed by atoms with Gasteiger partial charge in [0.05, 0.1) is 13.7 Å². The highest BCUT2D eigenvalue weighted by Crippen LogP contribution is 2.24. The van der Waals surface area contributed by atoms with Crippen molar-refractivity contribution in [2.45, 2.75) is 65.6 Å². The molecule has 3 amide bonds. The molecule has 1 rings (SSSR count). The third-order valence-electron chi connectivity index (χ3n) is 4.91. The van der Waals surface area contributed by atoms with Crippen molar-refractivity contribution >= 4 is 23.9 Å². The van der Waals surface area contributed by atoms with Gasteiger partial charge in [0.1, 0.15) is 24.2 Å². The molecule has 0 aliphatic rings. The molecular weight excluding hydrogens is 454 g/mol. The number of nitrogens with one attached hydrogen (secondary N) is 2. The number of carbonyl (C=O) groups is 4. The molecule has 2 atom stereocenters. The molecule has 0 aliphatic heterocycles. The van der Waals surface area contributed by atoms with Crippen LogP contribution in [-0.2, 0) is 23.9 Å². The largest absolute Gasteiger partial charge is 0.468 e. The van der Waals surface area contributed by atoms with E-state index in [1.165, 1.54) is 12.0 Å². The molecule has 2 unspecified atom stereocenters. The number of methoxy groups -OCH3 is 1. The average molecular weight is 494 g/mol. The Labute approximate surface area is 207 Å². The highest BCUT2D eigenvalue weighted by molar-refractivity contribution is 5.93. The quantitative estimate of drug-likeness (QED) is 0.402. The lowest BCUT2D eigenvalue weighted by Crippen LogP contribution is -2.54. The van der Waals surface area contributed by atoms with Gasteiger partial charge in [0, 0.05) is 6.54 Å². The second-order valence-corrected chi connectivity index (χ2v) is 9.69. The molecular formula is C25H39N3O7. The SMILES string of the molecule is COC(=O)CNC(=O)C(c1ccc(C)cc1)N(CCO)C(=O)C(CC(C)C)NC(=O)OC(C)(C)C. The third-order valence-corrected chi connectivity index (χ3v) is 4.91. The van der Waals surface area contributed by atoms with Crippen molar-refractivity contribution in [3.63, 3.8) is 0 Å². The summed E-state index contributed by atoms with van der Waals surface area (Å²) in [5.74, 6) is -1.80. The van der Waals surface area contributed by atoms with Crippen LogP contribution < -0.4 is 10.6 Å². The van der Waals surface area contributed by atoms with Crippen LogP contribution in [0, 0.1) is 12.8 Å². The number of rotatable bonds is 11. The molecule has 1 aromatic carbocycles. The molecule has 0 aliphatic carbocycles. The summed E-state index contributed by atoms with van der Waals surface area (Å²) in [6.07, 6.45) is -0.479. The Bertz CT molecular complexity index is 863. The molecule has 0 saturated heterocycles. The van der Waals surface area contributed by atoms with Crippen LogP contribution in [0.25, 0.3) is 0 Å². The highest BCUT2D eigenvalue weighted by atomic mass is 16.6. The minimum Gasteiger partial charge on any atom is -0.468 e. The predicted molar refractivity (Wildman–Crippen MR) is 130 cm³/mol. The molecule has 10 nitrogen and oxygen atoms in total. The molecule has 0 spiro atoms. The number of hydrogen-bond donors (Lipinski definition) is 3. The van der Waals surface area contributed by atoms with E-state index < -0.39 is 48.2 Å². The van der Waals surface area contributed by atoms with Crippen LogP contribution in [0.3, 0.4) is 0 Å². The van der Waals surface area contributed by atoms with E-state index in [-0.39, 0.29) is 25.4 Å². The first-order chi connectivity index (χ1) is 16.3. The zero-order valence-corrected chi connectivity index (χ0v) is 21.7. The van der Waals surface area contributed by atoms with E-state index in [9.17, 15) is 24.3 Å². The molecule has 196 valence electrons. The Morgan fingerprint density at radius 1 is 1.09 bits per heavy atom. The second kappa shape index (κ2) is 13.7. The third kappa shape index (κ3) is 10.3. The van der Waals surface area contributed by atoms with E-state index >= 15 is 0 Å². The molecule has 3 N–H and O–H groups in total. The van der Waals surface area contributed by atoms with Gasteiger partial charge in [0.25, 0.3) is 0 Å². The van der Waals surface area contributed by atoms with Crippen molar-refractivity contribution < 1.29 is 33.8 Å². The first-order valence-electron chi connectivity index (χ1n) is 11.6.